The number of ether oxygens (including phenoxy) is 1. The summed E-state index contributed by atoms with van der Waals surface area (Å²) in [5, 5.41) is 11.3. The van der Waals surface area contributed by atoms with Gasteiger partial charge in [-0.2, -0.15) is 18.4 Å². The number of nitrogens with zero attached hydrogens (tertiary/aromatic N) is 1. The molecular weight excluding hydrogens is 419 g/mol. The zero-order valence-electron chi connectivity index (χ0n) is 15.8. The number of carbonyl (C=O) groups is 1. The number of halogens is 5. The zero-order chi connectivity index (χ0) is 22.8. The summed E-state index contributed by atoms with van der Waals surface area (Å²) in [4.78, 5) is 12.7. The van der Waals surface area contributed by atoms with Crippen LogP contribution in [0.1, 0.15) is 27.0 Å². The van der Waals surface area contributed by atoms with Crippen molar-refractivity contribution >= 4 is 11.6 Å². The molecule has 0 bridgehead atoms. The van der Waals surface area contributed by atoms with Gasteiger partial charge >= 0.3 is 6.18 Å². The number of hydrogen-bond acceptors (Lipinski definition) is 3. The Morgan fingerprint density at radius 3 is 2.39 bits per heavy atom. The molecule has 0 fully saturated rings. The Bertz CT molecular complexity index is 1200. The van der Waals surface area contributed by atoms with Gasteiger partial charge in [0.05, 0.1) is 16.7 Å². The van der Waals surface area contributed by atoms with Gasteiger partial charge in [-0.3, -0.25) is 4.79 Å². The van der Waals surface area contributed by atoms with Crippen LogP contribution in [0.25, 0.3) is 0 Å². The van der Waals surface area contributed by atoms with Crippen molar-refractivity contribution in [2.24, 2.45) is 0 Å². The molecule has 0 saturated heterocycles. The first kappa shape index (κ1) is 21.8. The van der Waals surface area contributed by atoms with E-state index in [1.807, 2.05) is 0 Å². The molecule has 0 radical (unpaired) electrons. The van der Waals surface area contributed by atoms with E-state index >= 15 is 0 Å². The average Bonchev–Trinajstić information content (AvgIpc) is 2.70. The molecule has 0 spiro atoms. The van der Waals surface area contributed by atoms with Crippen LogP contribution >= 0.6 is 0 Å². The Labute approximate surface area is 173 Å². The van der Waals surface area contributed by atoms with Gasteiger partial charge in [-0.05, 0) is 67.1 Å². The minimum absolute atomic E-state index is 0.0586. The van der Waals surface area contributed by atoms with Gasteiger partial charge in [-0.25, -0.2) is 8.78 Å². The molecule has 0 unspecified atom stereocenters. The maximum absolute atomic E-state index is 13.5. The smallest absolute Gasteiger partial charge is 0.416 e. The number of rotatable bonds is 4. The van der Waals surface area contributed by atoms with Crippen LogP contribution in [-0.4, -0.2) is 5.91 Å². The lowest BCUT2D eigenvalue weighted by Crippen LogP contribution is -2.15. The number of amides is 1. The molecule has 9 heteroatoms. The van der Waals surface area contributed by atoms with Crippen molar-refractivity contribution in [3.63, 3.8) is 0 Å². The van der Waals surface area contributed by atoms with E-state index in [0.717, 1.165) is 30.3 Å². The van der Waals surface area contributed by atoms with Gasteiger partial charge in [0.25, 0.3) is 5.91 Å². The minimum atomic E-state index is -4.69. The highest BCUT2D eigenvalue weighted by Crippen LogP contribution is 2.36. The molecule has 3 rings (SSSR count). The summed E-state index contributed by atoms with van der Waals surface area (Å²) in [7, 11) is 0. The normalized spacial score (nSPS) is 11.0. The van der Waals surface area contributed by atoms with Gasteiger partial charge in [0.15, 0.2) is 0 Å². The summed E-state index contributed by atoms with van der Waals surface area (Å²) in [6.45, 7) is 1.49. The summed E-state index contributed by atoms with van der Waals surface area (Å²) >= 11 is 0. The van der Waals surface area contributed by atoms with Crippen molar-refractivity contribution in [2.45, 2.75) is 13.1 Å². The van der Waals surface area contributed by atoms with Crippen LogP contribution in [0.3, 0.4) is 0 Å². The van der Waals surface area contributed by atoms with Crippen LogP contribution in [0, 0.1) is 29.9 Å². The molecule has 0 aromatic heterocycles. The summed E-state index contributed by atoms with van der Waals surface area (Å²) in [5.41, 5.74) is -1.25. The Morgan fingerprint density at radius 1 is 1.00 bits per heavy atom. The van der Waals surface area contributed by atoms with Crippen LogP contribution < -0.4 is 10.1 Å². The number of nitriles is 1. The first-order valence-corrected chi connectivity index (χ1v) is 8.74. The molecule has 3 aromatic carbocycles. The zero-order valence-corrected chi connectivity index (χ0v) is 15.8. The Kier molecular flexibility index (Phi) is 5.92. The molecule has 0 aliphatic rings. The molecule has 0 aliphatic carbocycles. The Morgan fingerprint density at radius 2 is 1.74 bits per heavy atom. The van der Waals surface area contributed by atoms with E-state index in [9.17, 15) is 26.7 Å². The Balaban J connectivity index is 2.00. The third-order valence-corrected chi connectivity index (χ3v) is 4.26. The van der Waals surface area contributed by atoms with Crippen LogP contribution in [-0.2, 0) is 6.18 Å². The van der Waals surface area contributed by atoms with Crippen LogP contribution in [0.2, 0.25) is 0 Å². The van der Waals surface area contributed by atoms with E-state index in [0.29, 0.717) is 17.7 Å². The second-order valence-corrected chi connectivity index (χ2v) is 6.48. The fourth-order valence-corrected chi connectivity index (χ4v) is 2.70. The lowest BCUT2D eigenvalue weighted by Gasteiger charge is -2.16. The highest BCUT2D eigenvalue weighted by Gasteiger charge is 2.32. The summed E-state index contributed by atoms with van der Waals surface area (Å²) in [6, 6.07) is 10.6. The second kappa shape index (κ2) is 8.44. The lowest BCUT2D eigenvalue weighted by atomic mass is 10.1. The van der Waals surface area contributed by atoms with Crippen LogP contribution in [0.4, 0.5) is 27.6 Å². The van der Waals surface area contributed by atoms with Crippen molar-refractivity contribution in [2.75, 3.05) is 5.32 Å². The summed E-state index contributed by atoms with van der Waals surface area (Å²) in [5.74, 6) is -2.55. The molecule has 1 amide bonds. The van der Waals surface area contributed by atoms with Crippen molar-refractivity contribution in [3.8, 4) is 17.6 Å². The highest BCUT2D eigenvalue weighted by atomic mass is 19.4. The van der Waals surface area contributed by atoms with Crippen molar-refractivity contribution in [3.05, 3.63) is 88.5 Å². The number of hydrogen-bond donors (Lipinski definition) is 1. The van der Waals surface area contributed by atoms with E-state index < -0.39 is 35.0 Å². The SMILES string of the molecule is Cc1cc(F)ccc1Oc1cc(C(F)(F)F)ccc1C(=O)Nc1ccc(F)c(C#N)c1. The first-order chi connectivity index (χ1) is 14.6. The molecule has 158 valence electrons. The van der Waals surface area contributed by atoms with Gasteiger partial charge in [0.1, 0.15) is 29.2 Å². The molecule has 1 N–H and O–H groups in total. The fraction of sp³-hybridized carbons (Fsp3) is 0.0909. The van der Waals surface area contributed by atoms with Crippen LogP contribution in [0.5, 0.6) is 11.5 Å². The van der Waals surface area contributed by atoms with E-state index in [4.69, 9.17) is 10.00 Å². The number of anilines is 1. The third-order valence-electron chi connectivity index (χ3n) is 4.26. The van der Waals surface area contributed by atoms with Crippen molar-refractivity contribution in [1.29, 1.82) is 5.26 Å². The van der Waals surface area contributed by atoms with Gasteiger partial charge in [-0.1, -0.05) is 0 Å². The molecule has 0 atom stereocenters. The van der Waals surface area contributed by atoms with Gasteiger partial charge < -0.3 is 10.1 Å². The number of carbonyl (C=O) groups excluding carboxylic acids is 1. The van der Waals surface area contributed by atoms with Crippen LogP contribution in [0.15, 0.2) is 54.6 Å². The van der Waals surface area contributed by atoms with Gasteiger partial charge in [0, 0.05) is 5.69 Å². The quantitative estimate of drug-likeness (QED) is 0.499. The molecule has 4 nitrogen and oxygen atoms in total. The number of aryl methyl sites for hydroxylation is 1. The molecule has 0 saturated carbocycles. The fourth-order valence-electron chi connectivity index (χ4n) is 2.70. The number of nitrogens with one attached hydrogen (secondary N) is 1. The largest absolute Gasteiger partial charge is 0.456 e. The number of alkyl halides is 3. The topological polar surface area (TPSA) is 62.1 Å². The first-order valence-electron chi connectivity index (χ1n) is 8.74. The lowest BCUT2D eigenvalue weighted by molar-refractivity contribution is -0.137. The molecule has 3 aromatic rings. The monoisotopic (exact) mass is 432 g/mol. The van der Waals surface area contributed by atoms with E-state index in [2.05, 4.69) is 5.32 Å². The highest BCUT2D eigenvalue weighted by molar-refractivity contribution is 6.06. The molecular formula is C22H13F5N2O2. The standard InChI is InChI=1S/C22H13F5N2O2/c1-12-8-15(23)3-7-19(12)31-20-10-14(22(25,26)27)2-5-17(20)21(30)29-16-4-6-18(24)13(9-16)11-28/h2-10H,1H3,(H,29,30). The van der Waals surface area contributed by atoms with E-state index in [1.165, 1.54) is 19.1 Å². The van der Waals surface area contributed by atoms with Gasteiger partial charge in [0.2, 0.25) is 0 Å². The Hall–Kier alpha value is -3.93. The number of benzene rings is 3. The van der Waals surface area contributed by atoms with E-state index in [1.54, 1.807) is 6.07 Å². The average molecular weight is 432 g/mol. The summed E-state index contributed by atoms with van der Waals surface area (Å²) < 4.78 is 71.8. The third kappa shape index (κ3) is 4.98. The minimum Gasteiger partial charge on any atom is -0.456 e. The van der Waals surface area contributed by atoms with Gasteiger partial charge in [-0.15, -0.1) is 0 Å². The van der Waals surface area contributed by atoms with Crippen molar-refractivity contribution < 1.29 is 31.5 Å². The summed E-state index contributed by atoms with van der Waals surface area (Å²) in [6.07, 6.45) is -4.69. The maximum atomic E-state index is 13.5. The predicted molar refractivity (Wildman–Crippen MR) is 102 cm³/mol. The molecule has 31 heavy (non-hydrogen) atoms. The van der Waals surface area contributed by atoms with Crippen molar-refractivity contribution in [1.82, 2.24) is 0 Å². The molecule has 0 aliphatic heterocycles. The van der Waals surface area contributed by atoms with E-state index in [-0.39, 0.29) is 22.6 Å². The maximum Gasteiger partial charge on any atom is 0.416 e. The molecule has 0 heterocycles. The second-order valence-electron chi connectivity index (χ2n) is 6.48. The predicted octanol–water partition coefficient (Wildman–Crippen LogP) is 6.21.